The molecule has 3 heteroatoms. The SMILES string of the molecule is COC1CC(NC(C)c2cc(C)sc2C)C1(C)C. The molecule has 1 heterocycles. The first-order chi connectivity index (χ1) is 8.36. The van der Waals surface area contributed by atoms with Crippen molar-refractivity contribution in [3.63, 3.8) is 0 Å². The Hall–Kier alpha value is -0.380. The van der Waals surface area contributed by atoms with Gasteiger partial charge < -0.3 is 10.1 Å². The highest BCUT2D eigenvalue weighted by molar-refractivity contribution is 7.12. The Morgan fingerprint density at radius 3 is 2.56 bits per heavy atom. The summed E-state index contributed by atoms with van der Waals surface area (Å²) in [5, 5.41) is 3.77. The van der Waals surface area contributed by atoms with Gasteiger partial charge in [0.05, 0.1) is 6.10 Å². The van der Waals surface area contributed by atoms with Crippen LogP contribution in [0, 0.1) is 19.3 Å². The van der Waals surface area contributed by atoms with E-state index in [1.54, 1.807) is 0 Å². The van der Waals surface area contributed by atoms with Gasteiger partial charge in [-0.1, -0.05) is 13.8 Å². The van der Waals surface area contributed by atoms with E-state index in [2.05, 4.69) is 46.0 Å². The molecule has 1 fully saturated rings. The van der Waals surface area contributed by atoms with E-state index in [1.165, 1.54) is 15.3 Å². The number of methoxy groups -OCH3 is 1. The lowest BCUT2D eigenvalue weighted by Gasteiger charge is -2.52. The Kier molecular flexibility index (Phi) is 3.86. The average molecular weight is 267 g/mol. The summed E-state index contributed by atoms with van der Waals surface area (Å²) in [7, 11) is 1.82. The zero-order chi connectivity index (χ0) is 13.5. The summed E-state index contributed by atoms with van der Waals surface area (Å²) in [6, 6.07) is 3.30. The number of nitrogens with one attached hydrogen (secondary N) is 1. The molecule has 1 aromatic rings. The summed E-state index contributed by atoms with van der Waals surface area (Å²) in [6.45, 7) is 11.3. The van der Waals surface area contributed by atoms with Crippen molar-refractivity contribution >= 4 is 11.3 Å². The number of ether oxygens (including phenoxy) is 1. The largest absolute Gasteiger partial charge is 0.381 e. The topological polar surface area (TPSA) is 21.3 Å². The second kappa shape index (κ2) is 4.95. The van der Waals surface area contributed by atoms with E-state index in [1.807, 2.05) is 18.4 Å². The minimum Gasteiger partial charge on any atom is -0.381 e. The van der Waals surface area contributed by atoms with Crippen molar-refractivity contribution in [1.82, 2.24) is 5.32 Å². The van der Waals surface area contributed by atoms with Crippen molar-refractivity contribution in [2.24, 2.45) is 5.41 Å². The van der Waals surface area contributed by atoms with E-state index in [4.69, 9.17) is 4.74 Å². The summed E-state index contributed by atoms with van der Waals surface area (Å²) in [5.41, 5.74) is 1.69. The highest BCUT2D eigenvalue weighted by Gasteiger charge is 2.48. The molecule has 0 saturated heterocycles. The maximum atomic E-state index is 5.51. The minimum absolute atomic E-state index is 0.238. The van der Waals surface area contributed by atoms with Crippen LogP contribution in [-0.4, -0.2) is 19.3 Å². The van der Waals surface area contributed by atoms with Crippen LogP contribution < -0.4 is 5.32 Å². The van der Waals surface area contributed by atoms with Gasteiger partial charge in [0.2, 0.25) is 0 Å². The van der Waals surface area contributed by atoms with Crippen LogP contribution in [0.2, 0.25) is 0 Å². The quantitative estimate of drug-likeness (QED) is 0.895. The normalized spacial score (nSPS) is 27.9. The molecule has 0 aliphatic heterocycles. The summed E-state index contributed by atoms with van der Waals surface area (Å²) >= 11 is 1.89. The number of rotatable bonds is 4. The molecule has 3 unspecified atom stereocenters. The Morgan fingerprint density at radius 1 is 1.44 bits per heavy atom. The molecular formula is C15H25NOS. The van der Waals surface area contributed by atoms with E-state index >= 15 is 0 Å². The van der Waals surface area contributed by atoms with E-state index < -0.39 is 0 Å². The maximum absolute atomic E-state index is 5.51. The number of aryl methyl sites for hydroxylation is 2. The van der Waals surface area contributed by atoms with Gasteiger partial charge in [0, 0.05) is 34.4 Å². The number of hydrogen-bond acceptors (Lipinski definition) is 3. The van der Waals surface area contributed by atoms with E-state index in [0.717, 1.165) is 6.42 Å². The van der Waals surface area contributed by atoms with Gasteiger partial charge in [-0.15, -0.1) is 11.3 Å². The molecule has 1 aromatic heterocycles. The third kappa shape index (κ3) is 2.36. The third-order valence-corrected chi connectivity index (χ3v) is 5.44. The average Bonchev–Trinajstić information content (AvgIpc) is 2.63. The maximum Gasteiger partial charge on any atom is 0.0652 e. The van der Waals surface area contributed by atoms with Crippen molar-refractivity contribution in [2.75, 3.05) is 7.11 Å². The van der Waals surface area contributed by atoms with Gasteiger partial charge >= 0.3 is 0 Å². The molecule has 3 atom stereocenters. The molecule has 0 aromatic carbocycles. The molecule has 1 saturated carbocycles. The Morgan fingerprint density at radius 2 is 2.11 bits per heavy atom. The minimum atomic E-state index is 0.238. The van der Waals surface area contributed by atoms with Gasteiger partial charge in [0.25, 0.3) is 0 Å². The van der Waals surface area contributed by atoms with Crippen molar-refractivity contribution in [3.05, 3.63) is 21.4 Å². The molecule has 0 spiro atoms. The smallest absolute Gasteiger partial charge is 0.0652 e. The Labute approximate surface area is 115 Å². The zero-order valence-electron chi connectivity index (χ0n) is 12.3. The van der Waals surface area contributed by atoms with Crippen molar-refractivity contribution in [1.29, 1.82) is 0 Å². The molecule has 1 aliphatic rings. The second-order valence-electron chi connectivity index (χ2n) is 6.09. The Bertz CT molecular complexity index is 424. The molecule has 0 amide bonds. The molecule has 2 rings (SSSR count). The van der Waals surface area contributed by atoms with E-state index in [-0.39, 0.29) is 5.41 Å². The predicted molar refractivity (Wildman–Crippen MR) is 78.3 cm³/mol. The van der Waals surface area contributed by atoms with Gasteiger partial charge in [-0.25, -0.2) is 0 Å². The van der Waals surface area contributed by atoms with Crippen LogP contribution in [0.15, 0.2) is 6.07 Å². The van der Waals surface area contributed by atoms with Crippen LogP contribution >= 0.6 is 11.3 Å². The van der Waals surface area contributed by atoms with Crippen LogP contribution in [0.4, 0.5) is 0 Å². The van der Waals surface area contributed by atoms with Crippen LogP contribution in [0.1, 0.15) is 48.6 Å². The molecule has 0 bridgehead atoms. The fraction of sp³-hybridized carbons (Fsp3) is 0.733. The third-order valence-electron chi connectivity index (χ3n) is 4.46. The van der Waals surface area contributed by atoms with Crippen molar-refractivity contribution in [3.8, 4) is 0 Å². The summed E-state index contributed by atoms with van der Waals surface area (Å²) in [4.78, 5) is 2.84. The Balaban J connectivity index is 2.01. The summed E-state index contributed by atoms with van der Waals surface area (Å²) in [5.74, 6) is 0. The van der Waals surface area contributed by atoms with Gasteiger partial charge in [-0.2, -0.15) is 0 Å². The highest BCUT2D eigenvalue weighted by Crippen LogP contribution is 2.43. The van der Waals surface area contributed by atoms with Gasteiger partial charge in [-0.05, 0) is 38.8 Å². The first kappa shape index (κ1) is 14.0. The molecular weight excluding hydrogens is 242 g/mol. The van der Waals surface area contributed by atoms with Crippen LogP contribution in [0.5, 0.6) is 0 Å². The van der Waals surface area contributed by atoms with Crippen molar-refractivity contribution < 1.29 is 4.74 Å². The summed E-state index contributed by atoms with van der Waals surface area (Å²) < 4.78 is 5.51. The lowest BCUT2D eigenvalue weighted by molar-refractivity contribution is -0.0999. The molecule has 1 N–H and O–H groups in total. The van der Waals surface area contributed by atoms with E-state index in [0.29, 0.717) is 18.2 Å². The number of thiophene rings is 1. The molecule has 102 valence electrons. The second-order valence-corrected chi connectivity index (χ2v) is 7.55. The van der Waals surface area contributed by atoms with Gasteiger partial charge in [0.15, 0.2) is 0 Å². The molecule has 1 aliphatic carbocycles. The fourth-order valence-electron chi connectivity index (χ4n) is 3.04. The van der Waals surface area contributed by atoms with Crippen LogP contribution in [-0.2, 0) is 4.74 Å². The number of hydrogen-bond donors (Lipinski definition) is 1. The lowest BCUT2D eigenvalue weighted by Crippen LogP contribution is -2.60. The highest BCUT2D eigenvalue weighted by atomic mass is 32.1. The lowest BCUT2D eigenvalue weighted by atomic mass is 9.64. The monoisotopic (exact) mass is 267 g/mol. The first-order valence-electron chi connectivity index (χ1n) is 6.72. The molecule has 2 nitrogen and oxygen atoms in total. The van der Waals surface area contributed by atoms with Crippen LogP contribution in [0.25, 0.3) is 0 Å². The standard InChI is InChI=1S/C15H25NOS/c1-9-7-12(11(3)18-9)10(2)16-13-8-14(17-6)15(13,4)5/h7,10,13-14,16H,8H2,1-6H3. The fourth-order valence-corrected chi connectivity index (χ4v) is 4.06. The first-order valence-corrected chi connectivity index (χ1v) is 7.53. The predicted octanol–water partition coefficient (Wildman–Crippen LogP) is 3.83. The van der Waals surface area contributed by atoms with Gasteiger partial charge in [0.1, 0.15) is 0 Å². The molecule has 0 radical (unpaired) electrons. The molecule has 18 heavy (non-hydrogen) atoms. The summed E-state index contributed by atoms with van der Waals surface area (Å²) in [6.07, 6.45) is 1.52. The van der Waals surface area contributed by atoms with Crippen molar-refractivity contribution in [2.45, 2.75) is 59.2 Å². The van der Waals surface area contributed by atoms with Crippen LogP contribution in [0.3, 0.4) is 0 Å². The van der Waals surface area contributed by atoms with Gasteiger partial charge in [-0.3, -0.25) is 0 Å². The van der Waals surface area contributed by atoms with E-state index in [9.17, 15) is 0 Å². The zero-order valence-corrected chi connectivity index (χ0v) is 13.1.